The first kappa shape index (κ1) is 18.0. The normalized spacial score (nSPS) is 14.5. The van der Waals surface area contributed by atoms with E-state index in [1.54, 1.807) is 19.4 Å². The SMILES string of the molecule is C=CCc1ccc(OCC(=O)Nc2ccnn2C(C)C2CC2)c(OC)c1. The smallest absolute Gasteiger partial charge is 0.263 e. The van der Waals surface area contributed by atoms with Gasteiger partial charge in [-0.15, -0.1) is 6.58 Å². The predicted octanol–water partition coefficient (Wildman–Crippen LogP) is 3.61. The zero-order valence-electron chi connectivity index (χ0n) is 15.3. The molecule has 2 aromatic rings. The van der Waals surface area contributed by atoms with E-state index in [0.29, 0.717) is 29.3 Å². The number of aromatic nitrogens is 2. The lowest BCUT2D eigenvalue weighted by molar-refractivity contribution is -0.118. The van der Waals surface area contributed by atoms with E-state index in [2.05, 4.69) is 23.9 Å². The maximum Gasteiger partial charge on any atom is 0.263 e. The molecule has 0 spiro atoms. The number of allylic oxidation sites excluding steroid dienone is 1. The van der Waals surface area contributed by atoms with Crippen LogP contribution in [0, 0.1) is 5.92 Å². The number of hydrogen-bond acceptors (Lipinski definition) is 4. The summed E-state index contributed by atoms with van der Waals surface area (Å²) in [6.07, 6.45) is 6.73. The molecule has 0 bridgehead atoms. The molecule has 1 heterocycles. The largest absolute Gasteiger partial charge is 0.493 e. The molecule has 1 N–H and O–H groups in total. The van der Waals surface area contributed by atoms with Crippen molar-refractivity contribution in [2.24, 2.45) is 5.92 Å². The minimum absolute atomic E-state index is 0.0971. The molecule has 1 amide bonds. The van der Waals surface area contributed by atoms with Crippen molar-refractivity contribution in [2.45, 2.75) is 32.2 Å². The van der Waals surface area contributed by atoms with Crippen molar-refractivity contribution in [3.05, 3.63) is 48.7 Å². The molecular weight excluding hydrogens is 330 g/mol. The molecule has 1 aliphatic rings. The first-order chi connectivity index (χ1) is 12.6. The Morgan fingerprint density at radius 3 is 2.92 bits per heavy atom. The summed E-state index contributed by atoms with van der Waals surface area (Å²) in [5.41, 5.74) is 1.08. The number of rotatable bonds is 9. The second-order valence-electron chi connectivity index (χ2n) is 6.55. The van der Waals surface area contributed by atoms with Crippen LogP contribution in [-0.4, -0.2) is 29.4 Å². The number of carbonyl (C=O) groups is 1. The average molecular weight is 355 g/mol. The molecule has 6 nitrogen and oxygen atoms in total. The molecule has 1 atom stereocenters. The van der Waals surface area contributed by atoms with Gasteiger partial charge in [-0.2, -0.15) is 5.10 Å². The average Bonchev–Trinajstić information content (AvgIpc) is 3.40. The van der Waals surface area contributed by atoms with Crippen molar-refractivity contribution < 1.29 is 14.3 Å². The molecular formula is C20H25N3O3. The third-order valence-corrected chi connectivity index (χ3v) is 4.59. The molecule has 138 valence electrons. The fraction of sp³-hybridized carbons (Fsp3) is 0.400. The second kappa shape index (κ2) is 8.08. The van der Waals surface area contributed by atoms with Gasteiger partial charge < -0.3 is 14.8 Å². The molecule has 26 heavy (non-hydrogen) atoms. The fourth-order valence-corrected chi connectivity index (χ4v) is 2.96. The van der Waals surface area contributed by atoms with Crippen LogP contribution in [0.25, 0.3) is 0 Å². The van der Waals surface area contributed by atoms with Crippen molar-refractivity contribution in [2.75, 3.05) is 19.0 Å². The molecule has 0 radical (unpaired) electrons. The van der Waals surface area contributed by atoms with Gasteiger partial charge in [0.15, 0.2) is 18.1 Å². The summed E-state index contributed by atoms with van der Waals surface area (Å²) in [5, 5.41) is 7.21. The highest BCUT2D eigenvalue weighted by Crippen LogP contribution is 2.40. The van der Waals surface area contributed by atoms with E-state index >= 15 is 0 Å². The zero-order chi connectivity index (χ0) is 18.5. The number of anilines is 1. The first-order valence-corrected chi connectivity index (χ1v) is 8.86. The Hall–Kier alpha value is -2.76. The number of nitrogens with zero attached hydrogens (tertiary/aromatic N) is 2. The number of methoxy groups -OCH3 is 1. The topological polar surface area (TPSA) is 65.4 Å². The Balaban J connectivity index is 1.59. The molecule has 1 fully saturated rings. The van der Waals surface area contributed by atoms with Crippen LogP contribution in [0.5, 0.6) is 11.5 Å². The Kier molecular flexibility index (Phi) is 5.61. The molecule has 1 aromatic heterocycles. The molecule has 1 aromatic carbocycles. The lowest BCUT2D eigenvalue weighted by Gasteiger charge is -2.16. The van der Waals surface area contributed by atoms with Gasteiger partial charge in [0.25, 0.3) is 5.91 Å². The molecule has 1 unspecified atom stereocenters. The number of amides is 1. The van der Waals surface area contributed by atoms with E-state index in [0.717, 1.165) is 12.0 Å². The minimum atomic E-state index is -0.230. The van der Waals surface area contributed by atoms with Crippen LogP contribution in [0.3, 0.4) is 0 Å². The van der Waals surface area contributed by atoms with E-state index in [9.17, 15) is 4.79 Å². The number of nitrogens with one attached hydrogen (secondary N) is 1. The second-order valence-corrected chi connectivity index (χ2v) is 6.55. The number of ether oxygens (including phenoxy) is 2. The van der Waals surface area contributed by atoms with Gasteiger partial charge >= 0.3 is 0 Å². The molecule has 3 rings (SSSR count). The van der Waals surface area contributed by atoms with Gasteiger partial charge in [-0.1, -0.05) is 12.1 Å². The van der Waals surface area contributed by atoms with E-state index in [4.69, 9.17) is 9.47 Å². The van der Waals surface area contributed by atoms with Crippen LogP contribution in [0.2, 0.25) is 0 Å². The fourth-order valence-electron chi connectivity index (χ4n) is 2.96. The quantitative estimate of drug-likeness (QED) is 0.698. The third kappa shape index (κ3) is 4.25. The van der Waals surface area contributed by atoms with Gasteiger partial charge in [0.2, 0.25) is 0 Å². The molecule has 6 heteroatoms. The molecule has 0 saturated heterocycles. The number of hydrogen-bond donors (Lipinski definition) is 1. The summed E-state index contributed by atoms with van der Waals surface area (Å²) in [5.74, 6) is 2.26. The van der Waals surface area contributed by atoms with E-state index in [1.165, 1.54) is 12.8 Å². The van der Waals surface area contributed by atoms with Crippen molar-refractivity contribution in [3.63, 3.8) is 0 Å². The lowest BCUT2D eigenvalue weighted by Crippen LogP contribution is -2.23. The predicted molar refractivity (Wildman–Crippen MR) is 101 cm³/mol. The van der Waals surface area contributed by atoms with Crippen LogP contribution in [0.1, 0.15) is 31.4 Å². The maximum absolute atomic E-state index is 12.3. The Morgan fingerprint density at radius 1 is 1.42 bits per heavy atom. The van der Waals surface area contributed by atoms with Gasteiger partial charge in [0, 0.05) is 6.07 Å². The monoisotopic (exact) mass is 355 g/mol. The van der Waals surface area contributed by atoms with Crippen LogP contribution >= 0.6 is 0 Å². The molecule has 1 aliphatic carbocycles. The highest BCUT2D eigenvalue weighted by atomic mass is 16.5. The van der Waals surface area contributed by atoms with E-state index in [1.807, 2.05) is 29.0 Å². The summed E-state index contributed by atoms with van der Waals surface area (Å²) >= 11 is 0. The summed E-state index contributed by atoms with van der Waals surface area (Å²) in [6, 6.07) is 7.73. The maximum atomic E-state index is 12.3. The molecule has 0 aliphatic heterocycles. The van der Waals surface area contributed by atoms with Crippen LogP contribution < -0.4 is 14.8 Å². The van der Waals surface area contributed by atoms with Crippen molar-refractivity contribution in [1.29, 1.82) is 0 Å². The standard InChI is InChI=1S/C20H25N3O3/c1-4-5-15-6-9-17(18(12-15)25-3)26-13-20(24)22-19-10-11-21-23(19)14(2)16-7-8-16/h4,6,9-12,14,16H,1,5,7-8,13H2,2-3H3,(H,22,24). The number of benzene rings is 1. The minimum Gasteiger partial charge on any atom is -0.493 e. The summed E-state index contributed by atoms with van der Waals surface area (Å²) in [4.78, 5) is 12.3. The highest BCUT2D eigenvalue weighted by molar-refractivity contribution is 5.91. The van der Waals surface area contributed by atoms with Crippen molar-refractivity contribution in [3.8, 4) is 11.5 Å². The third-order valence-electron chi connectivity index (χ3n) is 4.59. The zero-order valence-corrected chi connectivity index (χ0v) is 15.3. The van der Waals surface area contributed by atoms with Gasteiger partial charge in [0.05, 0.1) is 19.3 Å². The van der Waals surface area contributed by atoms with Crippen LogP contribution in [0.4, 0.5) is 5.82 Å². The van der Waals surface area contributed by atoms with Crippen molar-refractivity contribution in [1.82, 2.24) is 9.78 Å². The van der Waals surface area contributed by atoms with Crippen molar-refractivity contribution >= 4 is 11.7 Å². The summed E-state index contributed by atoms with van der Waals surface area (Å²) in [7, 11) is 1.58. The van der Waals surface area contributed by atoms with E-state index < -0.39 is 0 Å². The lowest BCUT2D eigenvalue weighted by atomic mass is 10.1. The van der Waals surface area contributed by atoms with Gasteiger partial charge in [-0.3, -0.25) is 4.79 Å². The Morgan fingerprint density at radius 2 is 2.23 bits per heavy atom. The summed E-state index contributed by atoms with van der Waals surface area (Å²) in [6.45, 7) is 5.77. The van der Waals surface area contributed by atoms with Gasteiger partial charge in [-0.05, 0) is 49.8 Å². The van der Waals surface area contributed by atoms with Gasteiger partial charge in [-0.25, -0.2) is 4.68 Å². The van der Waals surface area contributed by atoms with Crippen LogP contribution in [-0.2, 0) is 11.2 Å². The van der Waals surface area contributed by atoms with Crippen LogP contribution in [0.15, 0.2) is 43.1 Å². The summed E-state index contributed by atoms with van der Waals surface area (Å²) < 4.78 is 12.9. The Bertz CT molecular complexity index is 780. The number of carbonyl (C=O) groups excluding carboxylic acids is 1. The highest BCUT2D eigenvalue weighted by Gasteiger charge is 2.30. The first-order valence-electron chi connectivity index (χ1n) is 8.86. The Labute approximate surface area is 153 Å². The molecule has 1 saturated carbocycles. The van der Waals surface area contributed by atoms with Gasteiger partial charge in [0.1, 0.15) is 5.82 Å². The van der Waals surface area contributed by atoms with E-state index in [-0.39, 0.29) is 12.5 Å².